The van der Waals surface area contributed by atoms with E-state index in [0.29, 0.717) is 11.8 Å². The van der Waals surface area contributed by atoms with Crippen molar-refractivity contribution in [1.29, 1.82) is 5.26 Å². The van der Waals surface area contributed by atoms with Crippen LogP contribution in [0.1, 0.15) is 19.3 Å². The molecule has 0 unspecified atom stereocenters. The minimum absolute atomic E-state index is 0.309. The summed E-state index contributed by atoms with van der Waals surface area (Å²) in [4.78, 5) is 3.98. The zero-order chi connectivity index (χ0) is 10.6. The molecule has 1 aromatic rings. The van der Waals surface area contributed by atoms with Crippen LogP contribution < -0.4 is 5.32 Å². The van der Waals surface area contributed by atoms with Gasteiger partial charge in [0.1, 0.15) is 0 Å². The van der Waals surface area contributed by atoms with Crippen molar-refractivity contribution in [2.24, 2.45) is 5.41 Å². The molecule has 4 nitrogen and oxygen atoms in total. The monoisotopic (exact) mass is 204 g/mol. The van der Waals surface area contributed by atoms with Crippen molar-refractivity contribution in [1.82, 2.24) is 14.9 Å². The molecule has 80 valence electrons. The lowest BCUT2D eigenvalue weighted by molar-refractivity contribution is 0.456. The molecule has 1 aliphatic carbocycles. The van der Waals surface area contributed by atoms with E-state index in [-0.39, 0.29) is 0 Å². The van der Waals surface area contributed by atoms with E-state index in [9.17, 15) is 0 Å². The first-order chi connectivity index (χ1) is 7.35. The van der Waals surface area contributed by atoms with Crippen molar-refractivity contribution in [2.75, 3.05) is 13.1 Å². The zero-order valence-electron chi connectivity index (χ0n) is 8.82. The molecule has 0 aromatic carbocycles. The van der Waals surface area contributed by atoms with Crippen LogP contribution in [-0.2, 0) is 6.54 Å². The highest BCUT2D eigenvalue weighted by Crippen LogP contribution is 2.47. The molecule has 0 amide bonds. The van der Waals surface area contributed by atoms with Gasteiger partial charge in [-0.3, -0.25) is 0 Å². The Hall–Kier alpha value is -1.34. The second kappa shape index (κ2) is 4.45. The van der Waals surface area contributed by atoms with Crippen LogP contribution in [0.15, 0.2) is 18.7 Å². The smallest absolute Gasteiger partial charge is 0.0946 e. The third kappa shape index (κ3) is 2.80. The maximum atomic E-state index is 8.66. The minimum atomic E-state index is 0.309. The third-order valence-corrected chi connectivity index (χ3v) is 3.02. The second-order valence-corrected chi connectivity index (χ2v) is 4.31. The fourth-order valence-electron chi connectivity index (χ4n) is 1.74. The molecule has 0 spiro atoms. The van der Waals surface area contributed by atoms with Gasteiger partial charge in [-0.1, -0.05) is 0 Å². The number of aromatic nitrogens is 2. The molecule has 0 atom stereocenters. The summed E-state index contributed by atoms with van der Waals surface area (Å²) in [5.41, 5.74) is 0.309. The number of hydrogen-bond donors (Lipinski definition) is 1. The molecular formula is C11H16N4. The van der Waals surface area contributed by atoms with Gasteiger partial charge in [-0.15, -0.1) is 0 Å². The third-order valence-electron chi connectivity index (χ3n) is 3.02. The summed E-state index contributed by atoms with van der Waals surface area (Å²) < 4.78 is 2.05. The molecule has 1 aromatic heterocycles. The van der Waals surface area contributed by atoms with Crippen LogP contribution >= 0.6 is 0 Å². The SMILES string of the molecule is N#CCC1(CNCCn2ccnc2)CC1. The quantitative estimate of drug-likeness (QED) is 0.708. The van der Waals surface area contributed by atoms with Crippen molar-refractivity contribution < 1.29 is 0 Å². The van der Waals surface area contributed by atoms with E-state index < -0.39 is 0 Å². The molecule has 1 fully saturated rings. The van der Waals surface area contributed by atoms with Gasteiger partial charge in [-0.05, 0) is 18.3 Å². The molecule has 0 aliphatic heterocycles. The van der Waals surface area contributed by atoms with Crippen molar-refractivity contribution in [3.05, 3.63) is 18.7 Å². The molecule has 4 heteroatoms. The van der Waals surface area contributed by atoms with E-state index in [1.807, 2.05) is 12.5 Å². The highest BCUT2D eigenvalue weighted by atomic mass is 15.0. The number of imidazole rings is 1. The van der Waals surface area contributed by atoms with Gasteiger partial charge in [0.25, 0.3) is 0 Å². The van der Waals surface area contributed by atoms with Crippen LogP contribution in [0, 0.1) is 16.7 Å². The predicted octanol–water partition coefficient (Wildman–Crippen LogP) is 1.17. The molecule has 0 bridgehead atoms. The van der Waals surface area contributed by atoms with E-state index in [2.05, 4.69) is 20.9 Å². The lowest BCUT2D eigenvalue weighted by atomic mass is 10.0. The van der Waals surface area contributed by atoms with Gasteiger partial charge < -0.3 is 9.88 Å². The van der Waals surface area contributed by atoms with Gasteiger partial charge in [0, 0.05) is 38.4 Å². The first-order valence-electron chi connectivity index (χ1n) is 5.38. The average molecular weight is 204 g/mol. The van der Waals surface area contributed by atoms with Gasteiger partial charge in [-0.25, -0.2) is 4.98 Å². The normalized spacial score (nSPS) is 17.3. The maximum absolute atomic E-state index is 8.66. The van der Waals surface area contributed by atoms with Crippen molar-refractivity contribution in [3.63, 3.8) is 0 Å². The van der Waals surface area contributed by atoms with Crippen LogP contribution in [0.5, 0.6) is 0 Å². The molecule has 0 saturated heterocycles. The standard InChI is InChI=1S/C11H16N4/c12-4-3-11(1-2-11)9-13-5-7-15-8-6-14-10-15/h6,8,10,13H,1-3,5,7,9H2. The Morgan fingerprint density at radius 3 is 3.00 bits per heavy atom. The largest absolute Gasteiger partial charge is 0.336 e. The van der Waals surface area contributed by atoms with Crippen LogP contribution in [-0.4, -0.2) is 22.6 Å². The predicted molar refractivity (Wildman–Crippen MR) is 57.0 cm³/mol. The lowest BCUT2D eigenvalue weighted by Crippen LogP contribution is -2.26. The van der Waals surface area contributed by atoms with E-state index in [0.717, 1.165) is 19.6 Å². The first-order valence-corrected chi connectivity index (χ1v) is 5.38. The molecule has 1 N–H and O–H groups in total. The Morgan fingerprint density at radius 2 is 2.40 bits per heavy atom. The summed E-state index contributed by atoms with van der Waals surface area (Å²) in [7, 11) is 0. The van der Waals surface area contributed by atoms with Gasteiger partial charge in [-0.2, -0.15) is 5.26 Å². The number of hydrogen-bond acceptors (Lipinski definition) is 3. The summed E-state index contributed by atoms with van der Waals surface area (Å²) in [5.74, 6) is 0. The Bertz CT molecular complexity index is 332. The highest BCUT2D eigenvalue weighted by molar-refractivity contribution is 5.00. The van der Waals surface area contributed by atoms with Crippen LogP contribution in [0.25, 0.3) is 0 Å². The van der Waals surface area contributed by atoms with Crippen molar-refractivity contribution in [3.8, 4) is 6.07 Å². The molecule has 1 aliphatic rings. The van der Waals surface area contributed by atoms with Crippen LogP contribution in [0.3, 0.4) is 0 Å². The van der Waals surface area contributed by atoms with Gasteiger partial charge in [0.2, 0.25) is 0 Å². The fraction of sp³-hybridized carbons (Fsp3) is 0.636. The Labute approximate surface area is 89.9 Å². The number of nitrogens with zero attached hydrogens (tertiary/aromatic N) is 3. The highest BCUT2D eigenvalue weighted by Gasteiger charge is 2.41. The molecule has 1 saturated carbocycles. The van der Waals surface area contributed by atoms with Crippen molar-refractivity contribution in [2.45, 2.75) is 25.8 Å². The maximum Gasteiger partial charge on any atom is 0.0946 e. The van der Waals surface area contributed by atoms with Crippen LogP contribution in [0.4, 0.5) is 0 Å². The molecule has 0 radical (unpaired) electrons. The van der Waals surface area contributed by atoms with E-state index in [4.69, 9.17) is 5.26 Å². The molecule has 1 heterocycles. The first kappa shape index (κ1) is 10.2. The summed E-state index contributed by atoms with van der Waals surface area (Å²) >= 11 is 0. The Morgan fingerprint density at radius 1 is 1.53 bits per heavy atom. The number of nitriles is 1. The Balaban J connectivity index is 1.62. The summed E-state index contributed by atoms with van der Waals surface area (Å²) in [6.45, 7) is 2.88. The second-order valence-electron chi connectivity index (χ2n) is 4.31. The zero-order valence-corrected chi connectivity index (χ0v) is 8.82. The molecule has 15 heavy (non-hydrogen) atoms. The topological polar surface area (TPSA) is 53.6 Å². The summed E-state index contributed by atoms with van der Waals surface area (Å²) in [6.07, 6.45) is 8.69. The lowest BCUT2D eigenvalue weighted by Gasteiger charge is -2.12. The summed E-state index contributed by atoms with van der Waals surface area (Å²) in [6, 6.07) is 2.27. The van der Waals surface area contributed by atoms with E-state index in [1.165, 1.54) is 12.8 Å². The minimum Gasteiger partial charge on any atom is -0.336 e. The Kier molecular flexibility index (Phi) is 3.02. The van der Waals surface area contributed by atoms with E-state index in [1.54, 1.807) is 6.20 Å². The average Bonchev–Trinajstić information content (AvgIpc) is 2.80. The van der Waals surface area contributed by atoms with Crippen molar-refractivity contribution >= 4 is 0 Å². The number of nitrogens with one attached hydrogen (secondary N) is 1. The van der Waals surface area contributed by atoms with Gasteiger partial charge >= 0.3 is 0 Å². The van der Waals surface area contributed by atoms with Crippen LogP contribution in [0.2, 0.25) is 0 Å². The molecule has 2 rings (SSSR count). The van der Waals surface area contributed by atoms with Gasteiger partial charge in [0.15, 0.2) is 0 Å². The molecular weight excluding hydrogens is 188 g/mol. The summed E-state index contributed by atoms with van der Waals surface area (Å²) in [5, 5.41) is 12.1. The fourth-order valence-corrected chi connectivity index (χ4v) is 1.74. The number of rotatable bonds is 6. The van der Waals surface area contributed by atoms with E-state index >= 15 is 0 Å². The van der Waals surface area contributed by atoms with Gasteiger partial charge in [0.05, 0.1) is 12.4 Å².